The summed E-state index contributed by atoms with van der Waals surface area (Å²) in [5.41, 5.74) is 0.147. The molecule has 0 spiro atoms. The Morgan fingerprint density at radius 1 is 0.935 bits per heavy atom. The predicted molar refractivity (Wildman–Crippen MR) is 99.9 cm³/mol. The summed E-state index contributed by atoms with van der Waals surface area (Å²) in [6.07, 6.45) is 1.20. The summed E-state index contributed by atoms with van der Waals surface area (Å²) in [4.78, 5) is 16.3. The van der Waals surface area contributed by atoms with E-state index in [1.54, 1.807) is 0 Å². The second-order valence-corrected chi connectivity index (χ2v) is 5.84. The van der Waals surface area contributed by atoms with E-state index in [1.165, 1.54) is 56.7 Å². The number of hydrogen-bond acceptors (Lipinski definition) is 7. The van der Waals surface area contributed by atoms with Gasteiger partial charge in [0.2, 0.25) is 5.90 Å². The third kappa shape index (κ3) is 5.05. The Labute approximate surface area is 173 Å². The molecule has 0 saturated carbocycles. The lowest BCUT2D eigenvalue weighted by molar-refractivity contribution is -0.129. The van der Waals surface area contributed by atoms with E-state index in [-0.39, 0.29) is 45.7 Å². The van der Waals surface area contributed by atoms with Gasteiger partial charge in [0.25, 0.3) is 0 Å². The number of esters is 1. The highest BCUT2D eigenvalue weighted by atomic mass is 19.3. The molecule has 0 fully saturated rings. The number of ether oxygens (including phenoxy) is 5. The molecular formula is C20H15F4NO6. The number of rotatable bonds is 8. The number of para-hydroxylation sites is 1. The number of carbonyl (C=O) groups excluding carboxylic acids is 1. The number of alkyl halides is 4. The smallest absolute Gasteiger partial charge is 0.387 e. The fraction of sp³-hybridized carbons (Fsp3) is 0.200. The molecule has 11 heteroatoms. The third-order valence-electron chi connectivity index (χ3n) is 3.98. The highest BCUT2D eigenvalue weighted by Crippen LogP contribution is 2.35. The van der Waals surface area contributed by atoms with E-state index >= 15 is 0 Å². The van der Waals surface area contributed by atoms with Crippen molar-refractivity contribution in [3.8, 4) is 23.0 Å². The fourth-order valence-electron chi connectivity index (χ4n) is 2.70. The van der Waals surface area contributed by atoms with Crippen molar-refractivity contribution in [2.45, 2.75) is 13.2 Å². The summed E-state index contributed by atoms with van der Waals surface area (Å²) >= 11 is 0. The standard InChI is InChI=1S/C20H15F4NO6/c1-27-14-5-3-4-10(16(14)30-20(23)24)8-12-18(26)31-17(25-12)11-6-7-13(29-19(21)22)15(9-11)28-2/h3-9,19-20H,1-2H3/b12-8-. The van der Waals surface area contributed by atoms with Gasteiger partial charge < -0.3 is 23.7 Å². The van der Waals surface area contributed by atoms with Crippen molar-refractivity contribution in [2.24, 2.45) is 4.99 Å². The molecular weight excluding hydrogens is 426 g/mol. The fourth-order valence-corrected chi connectivity index (χ4v) is 2.70. The molecule has 1 aliphatic rings. The van der Waals surface area contributed by atoms with Gasteiger partial charge in [-0.3, -0.25) is 0 Å². The number of cyclic esters (lactones) is 1. The maximum Gasteiger partial charge on any atom is 0.387 e. The first-order valence-electron chi connectivity index (χ1n) is 8.60. The maximum absolute atomic E-state index is 12.8. The van der Waals surface area contributed by atoms with Crippen LogP contribution in [0.3, 0.4) is 0 Å². The molecule has 2 aromatic rings. The summed E-state index contributed by atoms with van der Waals surface area (Å²) in [6, 6.07) is 8.19. The van der Waals surface area contributed by atoms with Crippen molar-refractivity contribution >= 4 is 17.9 Å². The maximum atomic E-state index is 12.8. The molecule has 1 aliphatic heterocycles. The molecule has 0 saturated heterocycles. The summed E-state index contributed by atoms with van der Waals surface area (Å²) in [5.74, 6) is -1.49. The molecule has 2 aromatic carbocycles. The van der Waals surface area contributed by atoms with Crippen LogP contribution in [0.4, 0.5) is 17.6 Å². The molecule has 7 nitrogen and oxygen atoms in total. The van der Waals surface area contributed by atoms with Crippen LogP contribution in [0.1, 0.15) is 11.1 Å². The van der Waals surface area contributed by atoms with Crippen molar-refractivity contribution in [1.82, 2.24) is 0 Å². The van der Waals surface area contributed by atoms with Crippen LogP contribution in [0.5, 0.6) is 23.0 Å². The number of benzene rings is 2. The summed E-state index contributed by atoms with van der Waals surface area (Å²) in [6.45, 7) is -6.17. The van der Waals surface area contributed by atoms with Crippen molar-refractivity contribution in [3.63, 3.8) is 0 Å². The van der Waals surface area contributed by atoms with Crippen LogP contribution in [0.25, 0.3) is 6.08 Å². The Bertz CT molecular complexity index is 1040. The van der Waals surface area contributed by atoms with Crippen LogP contribution in [0.2, 0.25) is 0 Å². The lowest BCUT2D eigenvalue weighted by atomic mass is 10.1. The zero-order valence-corrected chi connectivity index (χ0v) is 16.1. The number of halogens is 4. The van der Waals surface area contributed by atoms with Crippen LogP contribution in [-0.2, 0) is 9.53 Å². The van der Waals surface area contributed by atoms with Gasteiger partial charge in [0, 0.05) is 11.1 Å². The molecule has 0 amide bonds. The summed E-state index contributed by atoms with van der Waals surface area (Å²) in [7, 11) is 2.53. The van der Waals surface area contributed by atoms with Crippen LogP contribution >= 0.6 is 0 Å². The zero-order valence-electron chi connectivity index (χ0n) is 16.1. The second-order valence-electron chi connectivity index (χ2n) is 5.84. The van der Waals surface area contributed by atoms with Crippen molar-refractivity contribution < 1.29 is 46.0 Å². The first-order chi connectivity index (χ1) is 14.8. The van der Waals surface area contributed by atoms with Crippen molar-refractivity contribution in [1.29, 1.82) is 0 Å². The quantitative estimate of drug-likeness (QED) is 0.346. The predicted octanol–water partition coefficient (Wildman–Crippen LogP) is 4.25. The van der Waals surface area contributed by atoms with Crippen LogP contribution in [-0.4, -0.2) is 39.3 Å². The lowest BCUT2D eigenvalue weighted by Crippen LogP contribution is -2.07. The zero-order chi connectivity index (χ0) is 22.5. The minimum Gasteiger partial charge on any atom is -0.493 e. The molecule has 3 rings (SSSR count). The number of methoxy groups -OCH3 is 2. The molecule has 0 radical (unpaired) electrons. The highest BCUT2D eigenvalue weighted by molar-refractivity contribution is 6.13. The molecule has 164 valence electrons. The van der Waals surface area contributed by atoms with E-state index in [2.05, 4.69) is 14.5 Å². The van der Waals surface area contributed by atoms with Gasteiger partial charge in [0.05, 0.1) is 14.2 Å². The first kappa shape index (κ1) is 21.9. The normalized spacial score (nSPS) is 14.6. The molecule has 0 unspecified atom stereocenters. The molecule has 1 heterocycles. The molecule has 0 aliphatic carbocycles. The Hall–Kier alpha value is -3.76. The Kier molecular flexibility index (Phi) is 6.63. The average Bonchev–Trinajstić information content (AvgIpc) is 3.09. The number of nitrogens with zero attached hydrogens (tertiary/aromatic N) is 1. The van der Waals surface area contributed by atoms with E-state index in [9.17, 15) is 22.4 Å². The topological polar surface area (TPSA) is 75.6 Å². The van der Waals surface area contributed by atoms with Gasteiger partial charge in [0.15, 0.2) is 28.7 Å². The highest BCUT2D eigenvalue weighted by Gasteiger charge is 2.26. The van der Waals surface area contributed by atoms with E-state index in [1.807, 2.05) is 0 Å². The monoisotopic (exact) mass is 441 g/mol. The molecule has 0 N–H and O–H groups in total. The molecule has 0 aromatic heterocycles. The van der Waals surface area contributed by atoms with Gasteiger partial charge in [-0.05, 0) is 30.3 Å². The third-order valence-corrected chi connectivity index (χ3v) is 3.98. The Morgan fingerprint density at radius 3 is 2.29 bits per heavy atom. The van der Waals surface area contributed by atoms with Gasteiger partial charge in [-0.25, -0.2) is 9.79 Å². The van der Waals surface area contributed by atoms with Crippen molar-refractivity contribution in [2.75, 3.05) is 14.2 Å². The van der Waals surface area contributed by atoms with Crippen LogP contribution in [0, 0.1) is 0 Å². The molecule has 31 heavy (non-hydrogen) atoms. The van der Waals surface area contributed by atoms with Gasteiger partial charge in [-0.1, -0.05) is 12.1 Å². The van der Waals surface area contributed by atoms with E-state index in [0.717, 1.165) is 0 Å². The summed E-state index contributed by atoms with van der Waals surface area (Å²) in [5, 5.41) is 0. The Balaban J connectivity index is 1.97. The molecule has 0 atom stereocenters. The number of carbonyl (C=O) groups is 1. The van der Waals surface area contributed by atoms with Crippen LogP contribution < -0.4 is 18.9 Å². The Morgan fingerprint density at radius 2 is 1.65 bits per heavy atom. The number of hydrogen-bond donors (Lipinski definition) is 0. The first-order valence-corrected chi connectivity index (χ1v) is 8.60. The largest absolute Gasteiger partial charge is 0.493 e. The van der Waals surface area contributed by atoms with E-state index < -0.39 is 19.2 Å². The second kappa shape index (κ2) is 9.37. The lowest BCUT2D eigenvalue weighted by Gasteiger charge is -2.12. The van der Waals surface area contributed by atoms with Crippen molar-refractivity contribution in [3.05, 3.63) is 53.2 Å². The average molecular weight is 441 g/mol. The van der Waals surface area contributed by atoms with Gasteiger partial charge >= 0.3 is 19.2 Å². The minimum absolute atomic E-state index is 0.0320. The van der Waals surface area contributed by atoms with E-state index in [0.29, 0.717) is 0 Å². The summed E-state index contributed by atoms with van der Waals surface area (Å²) < 4.78 is 74.5. The SMILES string of the molecule is COc1cc(C2=N/C(=C\c3cccc(OC)c3OC(F)F)C(=O)O2)ccc1OC(F)F. The van der Waals surface area contributed by atoms with Gasteiger partial charge in [-0.15, -0.1) is 0 Å². The number of aliphatic imine (C=N–C) groups is 1. The minimum atomic E-state index is -3.12. The van der Waals surface area contributed by atoms with E-state index in [4.69, 9.17) is 14.2 Å². The van der Waals surface area contributed by atoms with Gasteiger partial charge in [-0.2, -0.15) is 17.6 Å². The van der Waals surface area contributed by atoms with Crippen LogP contribution in [0.15, 0.2) is 47.1 Å². The molecule has 0 bridgehead atoms. The van der Waals surface area contributed by atoms with Gasteiger partial charge in [0.1, 0.15) is 0 Å².